The average Bonchev–Trinajstić information content (AvgIpc) is 2.94. The molecule has 0 spiro atoms. The molecule has 8 heteroatoms. The lowest BCUT2D eigenvalue weighted by atomic mass is 10.1. The van der Waals surface area contributed by atoms with Gasteiger partial charge in [0.25, 0.3) is 6.47 Å². The summed E-state index contributed by atoms with van der Waals surface area (Å²) < 4.78 is 0. The molecule has 0 aromatic carbocycles. The Bertz CT molecular complexity index is 496. The maximum absolute atomic E-state index is 12.5. The van der Waals surface area contributed by atoms with E-state index >= 15 is 0 Å². The molecule has 3 saturated heterocycles. The third kappa shape index (κ3) is 6.46. The van der Waals surface area contributed by atoms with Crippen LogP contribution in [0.3, 0.4) is 0 Å². The van der Waals surface area contributed by atoms with E-state index in [-0.39, 0.29) is 24.3 Å². The van der Waals surface area contributed by atoms with Crippen LogP contribution in [0.2, 0.25) is 0 Å². The lowest BCUT2D eigenvalue weighted by Gasteiger charge is -2.33. The first-order chi connectivity index (χ1) is 13.1. The van der Waals surface area contributed by atoms with Crippen LogP contribution in [0.25, 0.3) is 0 Å². The monoisotopic (exact) mass is 383 g/mol. The van der Waals surface area contributed by atoms with E-state index in [0.717, 1.165) is 38.9 Å². The third-order valence-electron chi connectivity index (χ3n) is 5.74. The van der Waals surface area contributed by atoms with Crippen LogP contribution in [0.1, 0.15) is 51.4 Å². The van der Waals surface area contributed by atoms with Gasteiger partial charge in [0, 0.05) is 39.0 Å². The van der Waals surface area contributed by atoms with Crippen molar-refractivity contribution < 1.29 is 24.6 Å². The Morgan fingerprint density at radius 2 is 1.67 bits per heavy atom. The lowest BCUT2D eigenvalue weighted by Crippen LogP contribution is -2.46. The molecule has 0 aromatic rings. The predicted molar refractivity (Wildman–Crippen MR) is 100 cm³/mol. The highest BCUT2D eigenvalue weighted by atomic mass is 16.3. The van der Waals surface area contributed by atoms with Crippen molar-refractivity contribution in [2.45, 2.75) is 63.5 Å². The van der Waals surface area contributed by atoms with Gasteiger partial charge in [-0.15, -0.1) is 0 Å². The number of piperidine rings is 1. The molecule has 0 saturated carbocycles. The second kappa shape index (κ2) is 11.2. The SMILES string of the molecule is O=C1CCCCCN1CCC(=O)N1C[C@H](O)[C@@H](N2CCCCC2)C1.O=CO. The minimum Gasteiger partial charge on any atom is -0.483 e. The molecular formula is C19H33N3O5. The van der Waals surface area contributed by atoms with Gasteiger partial charge in [-0.05, 0) is 38.8 Å². The Hall–Kier alpha value is -1.67. The summed E-state index contributed by atoms with van der Waals surface area (Å²) in [6.45, 7) is 4.20. The molecule has 3 aliphatic rings. The van der Waals surface area contributed by atoms with Crippen LogP contribution in [0.4, 0.5) is 0 Å². The largest absolute Gasteiger partial charge is 0.483 e. The zero-order chi connectivity index (χ0) is 19.6. The van der Waals surface area contributed by atoms with E-state index in [1.165, 1.54) is 19.3 Å². The van der Waals surface area contributed by atoms with Crippen LogP contribution < -0.4 is 0 Å². The first-order valence-electron chi connectivity index (χ1n) is 10.1. The summed E-state index contributed by atoms with van der Waals surface area (Å²) in [5, 5.41) is 17.2. The molecule has 0 aromatic heterocycles. The number of amides is 2. The highest BCUT2D eigenvalue weighted by Gasteiger charge is 2.37. The van der Waals surface area contributed by atoms with Gasteiger partial charge in [-0.3, -0.25) is 19.3 Å². The standard InChI is InChI=1S/C18H31N3O3.CH2O2/c22-16-14-21(13-15(16)19-9-5-2-6-10-19)18(24)8-12-20-11-4-1-3-7-17(20)23;2-1-3/h15-16,22H,1-14H2;1H,(H,2,3)/t15-,16-;/m0./s1. The Morgan fingerprint density at radius 3 is 2.37 bits per heavy atom. The van der Waals surface area contributed by atoms with Crippen LogP contribution in [-0.4, -0.2) is 94.6 Å². The van der Waals surface area contributed by atoms with E-state index in [1.54, 1.807) is 4.90 Å². The van der Waals surface area contributed by atoms with E-state index in [0.29, 0.717) is 32.5 Å². The summed E-state index contributed by atoms with van der Waals surface area (Å²) in [7, 11) is 0. The molecule has 3 aliphatic heterocycles. The molecule has 2 amide bonds. The quantitative estimate of drug-likeness (QED) is 0.687. The normalized spacial score (nSPS) is 26.9. The Labute approximate surface area is 161 Å². The Balaban J connectivity index is 0.000000817. The van der Waals surface area contributed by atoms with Crippen molar-refractivity contribution in [1.82, 2.24) is 14.7 Å². The summed E-state index contributed by atoms with van der Waals surface area (Å²) in [6.07, 6.45) is 7.32. The minimum absolute atomic E-state index is 0.0746. The second-order valence-electron chi connectivity index (χ2n) is 7.58. The molecule has 3 heterocycles. The fourth-order valence-corrected chi connectivity index (χ4v) is 4.25. The molecule has 3 rings (SSSR count). The van der Waals surface area contributed by atoms with E-state index in [2.05, 4.69) is 4.90 Å². The number of likely N-dealkylation sites (tertiary alicyclic amines) is 3. The Morgan fingerprint density at radius 1 is 1.04 bits per heavy atom. The first kappa shape index (κ1) is 21.6. The van der Waals surface area contributed by atoms with E-state index in [1.807, 2.05) is 4.90 Å². The van der Waals surface area contributed by atoms with E-state index in [4.69, 9.17) is 9.90 Å². The molecule has 27 heavy (non-hydrogen) atoms. The molecule has 2 N–H and O–H groups in total. The molecule has 0 unspecified atom stereocenters. The number of carbonyl (C=O) groups excluding carboxylic acids is 2. The van der Waals surface area contributed by atoms with Crippen molar-refractivity contribution in [1.29, 1.82) is 0 Å². The lowest BCUT2D eigenvalue weighted by molar-refractivity contribution is -0.134. The van der Waals surface area contributed by atoms with Crippen molar-refractivity contribution in [3.8, 4) is 0 Å². The maximum Gasteiger partial charge on any atom is 0.290 e. The molecule has 0 aliphatic carbocycles. The van der Waals surface area contributed by atoms with Crippen molar-refractivity contribution in [2.24, 2.45) is 0 Å². The highest BCUT2D eigenvalue weighted by molar-refractivity contribution is 5.79. The number of β-amino-alcohol motifs (C(OH)–C–C–N with tert-alkyl or cyclic N) is 1. The van der Waals surface area contributed by atoms with Gasteiger partial charge in [-0.2, -0.15) is 0 Å². The second-order valence-corrected chi connectivity index (χ2v) is 7.58. The van der Waals surface area contributed by atoms with Crippen molar-refractivity contribution >= 4 is 18.3 Å². The number of hydrogen-bond acceptors (Lipinski definition) is 5. The van der Waals surface area contributed by atoms with Crippen LogP contribution in [0.15, 0.2) is 0 Å². The van der Waals surface area contributed by atoms with Crippen molar-refractivity contribution in [2.75, 3.05) is 39.3 Å². The highest BCUT2D eigenvalue weighted by Crippen LogP contribution is 2.21. The molecule has 2 atom stereocenters. The fraction of sp³-hybridized carbons (Fsp3) is 0.842. The van der Waals surface area contributed by atoms with Gasteiger partial charge >= 0.3 is 0 Å². The van der Waals surface area contributed by atoms with Crippen molar-refractivity contribution in [3.63, 3.8) is 0 Å². The topological polar surface area (TPSA) is 101 Å². The van der Waals surface area contributed by atoms with Crippen LogP contribution in [-0.2, 0) is 14.4 Å². The number of nitrogens with zero attached hydrogens (tertiary/aromatic N) is 3. The van der Waals surface area contributed by atoms with Gasteiger partial charge in [0.1, 0.15) is 0 Å². The number of carbonyl (C=O) groups is 3. The third-order valence-corrected chi connectivity index (χ3v) is 5.74. The number of aliphatic hydroxyl groups excluding tert-OH is 1. The van der Waals surface area contributed by atoms with Gasteiger partial charge < -0.3 is 20.0 Å². The predicted octanol–water partition coefficient (Wildman–Crippen LogP) is 0.538. The van der Waals surface area contributed by atoms with Gasteiger partial charge in [0.15, 0.2) is 0 Å². The summed E-state index contributed by atoms with van der Waals surface area (Å²) in [6, 6.07) is 0.0917. The molecule has 154 valence electrons. The minimum atomic E-state index is -0.438. The molecule has 8 nitrogen and oxygen atoms in total. The van der Waals surface area contributed by atoms with Gasteiger partial charge in [0.05, 0.1) is 12.1 Å². The number of hydrogen-bond donors (Lipinski definition) is 2. The number of carboxylic acid groups (broad SMARTS) is 1. The van der Waals surface area contributed by atoms with Gasteiger partial charge in [-0.1, -0.05) is 12.8 Å². The summed E-state index contributed by atoms with van der Waals surface area (Å²) in [5.41, 5.74) is 0. The van der Waals surface area contributed by atoms with Crippen LogP contribution in [0.5, 0.6) is 0 Å². The van der Waals surface area contributed by atoms with Crippen LogP contribution in [0, 0.1) is 0 Å². The summed E-state index contributed by atoms with van der Waals surface area (Å²) in [4.78, 5) is 38.9. The summed E-state index contributed by atoms with van der Waals surface area (Å²) >= 11 is 0. The van der Waals surface area contributed by atoms with E-state index < -0.39 is 6.10 Å². The fourth-order valence-electron chi connectivity index (χ4n) is 4.25. The van der Waals surface area contributed by atoms with E-state index in [9.17, 15) is 14.7 Å². The zero-order valence-corrected chi connectivity index (χ0v) is 16.1. The molecule has 0 bridgehead atoms. The van der Waals surface area contributed by atoms with Crippen molar-refractivity contribution in [3.05, 3.63) is 0 Å². The summed E-state index contributed by atoms with van der Waals surface area (Å²) in [5.74, 6) is 0.263. The van der Waals surface area contributed by atoms with Gasteiger partial charge in [-0.25, -0.2) is 0 Å². The molecule has 3 fully saturated rings. The maximum atomic E-state index is 12.5. The Kier molecular flexibility index (Phi) is 9.00. The number of aliphatic hydroxyl groups is 1. The average molecular weight is 383 g/mol. The smallest absolute Gasteiger partial charge is 0.290 e. The van der Waals surface area contributed by atoms with Gasteiger partial charge in [0.2, 0.25) is 11.8 Å². The zero-order valence-electron chi connectivity index (χ0n) is 16.1. The first-order valence-corrected chi connectivity index (χ1v) is 10.1. The number of rotatable bonds is 4. The van der Waals surface area contributed by atoms with Crippen LogP contribution >= 0.6 is 0 Å². The molecular weight excluding hydrogens is 350 g/mol. The molecule has 0 radical (unpaired) electrons.